The van der Waals surface area contributed by atoms with Crippen LogP contribution in [0.15, 0.2) is 35.2 Å². The average molecular weight is 379 g/mol. The highest BCUT2D eigenvalue weighted by molar-refractivity contribution is 7.89. The number of hydrogen-bond acceptors (Lipinski definition) is 7. The number of sulfonamides is 1. The molecule has 0 bridgehead atoms. The largest absolute Gasteiger partial charge is 0.494 e. The predicted molar refractivity (Wildman–Crippen MR) is 102 cm³/mol. The first-order chi connectivity index (χ1) is 12.4. The normalized spacial score (nSPS) is 11.2. The second-order valence-corrected chi connectivity index (χ2v) is 7.24. The van der Waals surface area contributed by atoms with Crippen LogP contribution in [0.25, 0.3) is 0 Å². The highest BCUT2D eigenvalue weighted by atomic mass is 32.2. The third-order valence-corrected chi connectivity index (χ3v) is 4.83. The summed E-state index contributed by atoms with van der Waals surface area (Å²) in [6.07, 6.45) is 0. The Kier molecular flexibility index (Phi) is 7.16. The van der Waals surface area contributed by atoms with E-state index in [0.29, 0.717) is 24.8 Å². The van der Waals surface area contributed by atoms with Crippen LogP contribution in [0.4, 0.5) is 11.8 Å². The molecule has 0 aliphatic heterocycles. The molecule has 26 heavy (non-hydrogen) atoms. The van der Waals surface area contributed by atoms with E-state index in [2.05, 4.69) is 25.3 Å². The summed E-state index contributed by atoms with van der Waals surface area (Å²) in [6, 6.07) is 8.17. The molecule has 0 unspecified atom stereocenters. The van der Waals surface area contributed by atoms with Gasteiger partial charge >= 0.3 is 0 Å². The molecule has 0 saturated heterocycles. The number of nitrogens with one attached hydrogen (secondary N) is 3. The molecule has 0 aliphatic carbocycles. The van der Waals surface area contributed by atoms with Crippen LogP contribution in [0.3, 0.4) is 0 Å². The first kappa shape index (κ1) is 19.9. The van der Waals surface area contributed by atoms with Crippen LogP contribution in [0, 0.1) is 6.92 Å². The number of ether oxygens (including phenoxy) is 1. The van der Waals surface area contributed by atoms with Gasteiger partial charge in [0.2, 0.25) is 16.0 Å². The molecular weight excluding hydrogens is 354 g/mol. The molecule has 2 rings (SSSR count). The lowest BCUT2D eigenvalue weighted by atomic mass is 10.3. The molecule has 1 heterocycles. The summed E-state index contributed by atoms with van der Waals surface area (Å²) in [6.45, 7) is 7.61. The minimum Gasteiger partial charge on any atom is -0.494 e. The summed E-state index contributed by atoms with van der Waals surface area (Å²) in [5.41, 5.74) is 0.827. The minimum absolute atomic E-state index is 0.196. The highest BCUT2D eigenvalue weighted by Crippen LogP contribution is 2.15. The van der Waals surface area contributed by atoms with Gasteiger partial charge in [0.05, 0.1) is 11.5 Å². The Balaban J connectivity index is 1.88. The number of hydrogen-bond donors (Lipinski definition) is 3. The standard InChI is InChI=1S/C17H25N5O3S/c1-4-18-16-12-13(3)21-17(22-16)19-10-11-20-26(23,24)15-8-6-14(7-9-15)25-5-2/h6-9,12,20H,4-5,10-11H2,1-3H3,(H2,18,19,21,22). The van der Waals surface area contributed by atoms with E-state index in [1.54, 1.807) is 12.1 Å². The Hall–Kier alpha value is -2.39. The molecule has 9 heteroatoms. The van der Waals surface area contributed by atoms with E-state index in [0.717, 1.165) is 18.1 Å². The first-order valence-electron chi connectivity index (χ1n) is 8.50. The van der Waals surface area contributed by atoms with Gasteiger partial charge < -0.3 is 15.4 Å². The van der Waals surface area contributed by atoms with Gasteiger partial charge in [-0.1, -0.05) is 0 Å². The van der Waals surface area contributed by atoms with Crippen LogP contribution in [0.5, 0.6) is 5.75 Å². The molecule has 1 aromatic heterocycles. The predicted octanol–water partition coefficient (Wildman–Crippen LogP) is 2.01. The van der Waals surface area contributed by atoms with Gasteiger partial charge in [-0.2, -0.15) is 4.98 Å². The summed E-state index contributed by atoms with van der Waals surface area (Å²) >= 11 is 0. The summed E-state index contributed by atoms with van der Waals surface area (Å²) in [7, 11) is -3.57. The third-order valence-electron chi connectivity index (χ3n) is 3.36. The Labute approximate surface area is 154 Å². The summed E-state index contributed by atoms with van der Waals surface area (Å²) in [5, 5.41) is 6.15. The number of aromatic nitrogens is 2. The van der Waals surface area contributed by atoms with Crippen molar-refractivity contribution in [2.45, 2.75) is 25.7 Å². The zero-order valence-electron chi connectivity index (χ0n) is 15.2. The number of rotatable bonds is 10. The molecule has 0 amide bonds. The van der Waals surface area contributed by atoms with Gasteiger partial charge in [0.15, 0.2) is 0 Å². The Morgan fingerprint density at radius 2 is 1.77 bits per heavy atom. The van der Waals surface area contributed by atoms with Crippen molar-refractivity contribution < 1.29 is 13.2 Å². The number of aryl methyl sites for hydroxylation is 1. The summed E-state index contributed by atoms with van der Waals surface area (Å²) in [4.78, 5) is 8.80. The Morgan fingerprint density at radius 1 is 1.04 bits per heavy atom. The monoisotopic (exact) mass is 379 g/mol. The maximum atomic E-state index is 12.3. The lowest BCUT2D eigenvalue weighted by Crippen LogP contribution is -2.29. The van der Waals surface area contributed by atoms with Gasteiger partial charge in [0, 0.05) is 31.4 Å². The van der Waals surface area contributed by atoms with Crippen molar-refractivity contribution in [2.75, 3.05) is 36.9 Å². The maximum absolute atomic E-state index is 12.3. The molecule has 0 radical (unpaired) electrons. The quantitative estimate of drug-likeness (QED) is 0.542. The average Bonchev–Trinajstić information content (AvgIpc) is 2.59. The van der Waals surface area contributed by atoms with Gasteiger partial charge in [-0.25, -0.2) is 18.1 Å². The zero-order valence-corrected chi connectivity index (χ0v) is 16.1. The molecule has 0 fully saturated rings. The molecule has 0 spiro atoms. The van der Waals surface area contributed by atoms with Crippen molar-refractivity contribution in [1.29, 1.82) is 0 Å². The van der Waals surface area contributed by atoms with Crippen LogP contribution in [0.2, 0.25) is 0 Å². The van der Waals surface area contributed by atoms with Gasteiger partial charge in [0.1, 0.15) is 11.6 Å². The Morgan fingerprint density at radius 3 is 2.42 bits per heavy atom. The number of nitrogens with zero attached hydrogens (tertiary/aromatic N) is 2. The molecule has 3 N–H and O–H groups in total. The smallest absolute Gasteiger partial charge is 0.240 e. The van der Waals surface area contributed by atoms with Crippen LogP contribution in [-0.2, 0) is 10.0 Å². The van der Waals surface area contributed by atoms with E-state index in [1.807, 2.05) is 26.8 Å². The Bertz CT molecular complexity index is 810. The van der Waals surface area contributed by atoms with Crippen molar-refractivity contribution in [3.05, 3.63) is 36.0 Å². The molecule has 142 valence electrons. The first-order valence-corrected chi connectivity index (χ1v) is 9.99. The van der Waals surface area contributed by atoms with Gasteiger partial charge in [0.25, 0.3) is 0 Å². The number of anilines is 2. The van der Waals surface area contributed by atoms with E-state index < -0.39 is 10.0 Å². The van der Waals surface area contributed by atoms with E-state index in [1.165, 1.54) is 12.1 Å². The lowest BCUT2D eigenvalue weighted by molar-refractivity contribution is 0.340. The van der Waals surface area contributed by atoms with E-state index in [-0.39, 0.29) is 11.4 Å². The van der Waals surface area contributed by atoms with E-state index in [4.69, 9.17) is 4.74 Å². The maximum Gasteiger partial charge on any atom is 0.240 e. The fourth-order valence-corrected chi connectivity index (χ4v) is 3.28. The van der Waals surface area contributed by atoms with Crippen LogP contribution in [0.1, 0.15) is 19.5 Å². The summed E-state index contributed by atoms with van der Waals surface area (Å²) < 4.78 is 32.4. The van der Waals surface area contributed by atoms with E-state index >= 15 is 0 Å². The second kappa shape index (κ2) is 9.35. The summed E-state index contributed by atoms with van der Waals surface area (Å²) in [5.74, 6) is 1.83. The molecule has 0 aliphatic rings. The second-order valence-electron chi connectivity index (χ2n) is 5.48. The topological polar surface area (TPSA) is 105 Å². The van der Waals surface area contributed by atoms with Crippen molar-refractivity contribution in [2.24, 2.45) is 0 Å². The van der Waals surface area contributed by atoms with Crippen molar-refractivity contribution in [3.8, 4) is 5.75 Å². The minimum atomic E-state index is -3.57. The van der Waals surface area contributed by atoms with Crippen LogP contribution in [-0.4, -0.2) is 44.6 Å². The van der Waals surface area contributed by atoms with Gasteiger partial charge in [-0.15, -0.1) is 0 Å². The van der Waals surface area contributed by atoms with Gasteiger partial charge in [-0.3, -0.25) is 0 Å². The van der Waals surface area contributed by atoms with E-state index in [9.17, 15) is 8.42 Å². The molecule has 8 nitrogen and oxygen atoms in total. The zero-order chi connectivity index (χ0) is 19.0. The van der Waals surface area contributed by atoms with Crippen molar-refractivity contribution in [3.63, 3.8) is 0 Å². The third kappa shape index (κ3) is 5.85. The van der Waals surface area contributed by atoms with Crippen molar-refractivity contribution in [1.82, 2.24) is 14.7 Å². The van der Waals surface area contributed by atoms with Crippen LogP contribution < -0.4 is 20.1 Å². The molecule has 0 atom stereocenters. The molecule has 1 aromatic carbocycles. The molecular formula is C17H25N5O3S. The fraction of sp³-hybridized carbons (Fsp3) is 0.412. The van der Waals surface area contributed by atoms with Crippen LogP contribution >= 0.6 is 0 Å². The molecule has 2 aromatic rings. The van der Waals surface area contributed by atoms with Crippen molar-refractivity contribution >= 4 is 21.8 Å². The lowest BCUT2D eigenvalue weighted by Gasteiger charge is -2.10. The number of benzene rings is 1. The highest BCUT2D eigenvalue weighted by Gasteiger charge is 2.13. The fourth-order valence-electron chi connectivity index (χ4n) is 2.24. The SMILES string of the molecule is CCNc1cc(C)nc(NCCNS(=O)(=O)c2ccc(OCC)cc2)n1. The van der Waals surface area contributed by atoms with Gasteiger partial charge in [-0.05, 0) is 45.0 Å². The molecule has 0 saturated carbocycles.